The number of carbonyl (C=O) groups excluding carboxylic acids is 1. The summed E-state index contributed by atoms with van der Waals surface area (Å²) in [5.41, 5.74) is -0.602. The van der Waals surface area contributed by atoms with E-state index >= 15 is 0 Å². The van der Waals surface area contributed by atoms with E-state index in [1.54, 1.807) is 0 Å². The standard InChI is InChI=1S/C15H30N2O2/c1-6-19-14(18)15(4,16-5)11-17(13-7-8-13)10-9-12(2)3/h12-13,16H,6-11H2,1-5H3. The van der Waals surface area contributed by atoms with Crippen LogP contribution in [0.3, 0.4) is 0 Å². The zero-order chi connectivity index (χ0) is 14.5. The molecule has 0 amide bonds. The summed E-state index contributed by atoms with van der Waals surface area (Å²) in [6.45, 7) is 10.5. The third-order valence-electron chi connectivity index (χ3n) is 3.85. The zero-order valence-corrected chi connectivity index (χ0v) is 13.2. The molecule has 0 aliphatic heterocycles. The first-order valence-electron chi connectivity index (χ1n) is 7.53. The Morgan fingerprint density at radius 1 is 1.47 bits per heavy atom. The molecule has 4 nitrogen and oxygen atoms in total. The summed E-state index contributed by atoms with van der Waals surface area (Å²) in [7, 11) is 1.84. The van der Waals surface area contributed by atoms with Crippen LogP contribution in [0.2, 0.25) is 0 Å². The molecule has 0 bridgehead atoms. The molecule has 1 saturated carbocycles. The van der Waals surface area contributed by atoms with Gasteiger partial charge in [0.1, 0.15) is 5.54 Å². The molecule has 0 heterocycles. The molecule has 1 aliphatic carbocycles. The number of rotatable bonds is 9. The molecule has 0 aromatic rings. The second-order valence-electron chi connectivity index (χ2n) is 6.19. The molecule has 1 rings (SSSR count). The van der Waals surface area contributed by atoms with Crippen LogP contribution in [0.5, 0.6) is 0 Å². The fraction of sp³-hybridized carbons (Fsp3) is 0.933. The lowest BCUT2D eigenvalue weighted by Gasteiger charge is -2.34. The van der Waals surface area contributed by atoms with Crippen molar-refractivity contribution in [2.45, 2.75) is 58.5 Å². The van der Waals surface area contributed by atoms with Crippen molar-refractivity contribution in [2.75, 3.05) is 26.7 Å². The van der Waals surface area contributed by atoms with Crippen molar-refractivity contribution in [3.05, 3.63) is 0 Å². The van der Waals surface area contributed by atoms with E-state index in [1.807, 2.05) is 20.9 Å². The molecule has 0 saturated heterocycles. The molecular formula is C15H30N2O2. The molecule has 0 aromatic carbocycles. The Balaban J connectivity index is 2.61. The summed E-state index contributed by atoms with van der Waals surface area (Å²) in [5, 5.41) is 3.15. The van der Waals surface area contributed by atoms with Gasteiger partial charge < -0.3 is 10.1 Å². The number of carbonyl (C=O) groups is 1. The summed E-state index contributed by atoms with van der Waals surface area (Å²) in [5.74, 6) is 0.553. The molecule has 112 valence electrons. The largest absolute Gasteiger partial charge is 0.465 e. The molecule has 19 heavy (non-hydrogen) atoms. The monoisotopic (exact) mass is 270 g/mol. The minimum Gasteiger partial charge on any atom is -0.465 e. The third kappa shape index (κ3) is 5.11. The van der Waals surface area contributed by atoms with Gasteiger partial charge in [-0.1, -0.05) is 13.8 Å². The first-order valence-corrected chi connectivity index (χ1v) is 7.53. The minimum absolute atomic E-state index is 0.146. The summed E-state index contributed by atoms with van der Waals surface area (Å²) in [6.07, 6.45) is 3.71. The normalized spacial score (nSPS) is 18.7. The van der Waals surface area contributed by atoms with E-state index in [0.29, 0.717) is 18.6 Å². The molecule has 1 aliphatic rings. The van der Waals surface area contributed by atoms with Gasteiger partial charge in [0.25, 0.3) is 0 Å². The van der Waals surface area contributed by atoms with Gasteiger partial charge in [-0.2, -0.15) is 0 Å². The van der Waals surface area contributed by atoms with Crippen molar-refractivity contribution < 1.29 is 9.53 Å². The Hall–Kier alpha value is -0.610. The van der Waals surface area contributed by atoms with Crippen LogP contribution in [0.15, 0.2) is 0 Å². The van der Waals surface area contributed by atoms with Crippen molar-refractivity contribution in [1.29, 1.82) is 0 Å². The Bertz CT molecular complexity index is 290. The topological polar surface area (TPSA) is 41.6 Å². The van der Waals surface area contributed by atoms with Gasteiger partial charge in [-0.25, -0.2) is 0 Å². The van der Waals surface area contributed by atoms with Crippen LogP contribution in [0.4, 0.5) is 0 Å². The summed E-state index contributed by atoms with van der Waals surface area (Å²) >= 11 is 0. The first kappa shape index (κ1) is 16.4. The molecule has 1 fully saturated rings. The Morgan fingerprint density at radius 3 is 2.53 bits per heavy atom. The first-order chi connectivity index (χ1) is 8.92. The number of nitrogens with one attached hydrogen (secondary N) is 1. The average Bonchev–Trinajstić information content (AvgIpc) is 3.18. The molecule has 1 atom stereocenters. The van der Waals surface area contributed by atoms with Gasteiger partial charge in [0.15, 0.2) is 0 Å². The molecule has 4 heteroatoms. The summed E-state index contributed by atoms with van der Waals surface area (Å²) < 4.78 is 5.20. The van der Waals surface area contributed by atoms with E-state index in [2.05, 4.69) is 24.1 Å². The molecule has 0 aromatic heterocycles. The lowest BCUT2D eigenvalue weighted by Crippen LogP contribution is -2.57. The number of nitrogens with zero attached hydrogens (tertiary/aromatic N) is 1. The van der Waals surface area contributed by atoms with Crippen LogP contribution in [0.25, 0.3) is 0 Å². The maximum atomic E-state index is 12.1. The lowest BCUT2D eigenvalue weighted by atomic mass is 10.0. The highest BCUT2D eigenvalue weighted by molar-refractivity contribution is 5.80. The van der Waals surface area contributed by atoms with Crippen LogP contribution >= 0.6 is 0 Å². The van der Waals surface area contributed by atoms with E-state index in [-0.39, 0.29) is 5.97 Å². The number of ether oxygens (including phenoxy) is 1. The van der Waals surface area contributed by atoms with Crippen LogP contribution in [-0.2, 0) is 9.53 Å². The fourth-order valence-electron chi connectivity index (χ4n) is 2.20. The Labute approximate surface area is 117 Å². The molecule has 0 spiro atoms. The fourth-order valence-corrected chi connectivity index (χ4v) is 2.20. The number of hydrogen-bond acceptors (Lipinski definition) is 4. The van der Waals surface area contributed by atoms with Crippen LogP contribution in [-0.4, -0.2) is 49.2 Å². The zero-order valence-electron chi connectivity index (χ0n) is 13.2. The number of hydrogen-bond donors (Lipinski definition) is 1. The van der Waals surface area contributed by atoms with E-state index < -0.39 is 5.54 Å². The highest BCUT2D eigenvalue weighted by atomic mass is 16.5. The van der Waals surface area contributed by atoms with Gasteiger partial charge >= 0.3 is 5.97 Å². The van der Waals surface area contributed by atoms with Crippen LogP contribution in [0.1, 0.15) is 47.0 Å². The predicted octanol–water partition coefficient (Wildman–Crippen LogP) is 2.04. The highest BCUT2D eigenvalue weighted by Gasteiger charge is 2.39. The smallest absolute Gasteiger partial charge is 0.327 e. The molecule has 1 N–H and O–H groups in total. The Kier molecular flexibility index (Phi) is 6.27. The SMILES string of the molecule is CCOC(=O)C(C)(CN(CCC(C)C)C1CC1)NC. The lowest BCUT2D eigenvalue weighted by molar-refractivity contribution is -0.151. The van der Waals surface area contributed by atoms with Gasteiger partial charge in [0.2, 0.25) is 0 Å². The number of likely N-dealkylation sites (N-methyl/N-ethyl adjacent to an activating group) is 1. The van der Waals surface area contributed by atoms with Crippen molar-refractivity contribution in [1.82, 2.24) is 10.2 Å². The highest BCUT2D eigenvalue weighted by Crippen LogP contribution is 2.29. The quantitative estimate of drug-likeness (QED) is 0.651. The van der Waals surface area contributed by atoms with E-state index in [1.165, 1.54) is 19.3 Å². The maximum Gasteiger partial charge on any atom is 0.327 e. The van der Waals surface area contributed by atoms with Crippen LogP contribution < -0.4 is 5.32 Å². The maximum absolute atomic E-state index is 12.1. The third-order valence-corrected chi connectivity index (χ3v) is 3.85. The van der Waals surface area contributed by atoms with Crippen molar-refractivity contribution in [3.63, 3.8) is 0 Å². The second kappa shape index (κ2) is 7.25. The minimum atomic E-state index is -0.602. The van der Waals surface area contributed by atoms with E-state index in [4.69, 9.17) is 4.74 Å². The second-order valence-corrected chi connectivity index (χ2v) is 6.19. The van der Waals surface area contributed by atoms with Crippen molar-refractivity contribution in [2.24, 2.45) is 5.92 Å². The van der Waals surface area contributed by atoms with Gasteiger partial charge in [0, 0.05) is 12.6 Å². The van der Waals surface area contributed by atoms with Crippen LogP contribution in [0, 0.1) is 5.92 Å². The van der Waals surface area contributed by atoms with Gasteiger partial charge in [-0.3, -0.25) is 9.69 Å². The van der Waals surface area contributed by atoms with E-state index in [9.17, 15) is 4.79 Å². The van der Waals surface area contributed by atoms with Gasteiger partial charge in [0.05, 0.1) is 6.61 Å². The Morgan fingerprint density at radius 2 is 2.11 bits per heavy atom. The number of esters is 1. The van der Waals surface area contributed by atoms with Crippen molar-refractivity contribution in [3.8, 4) is 0 Å². The molecular weight excluding hydrogens is 240 g/mol. The summed E-state index contributed by atoms with van der Waals surface area (Å²) in [4.78, 5) is 14.6. The average molecular weight is 270 g/mol. The predicted molar refractivity (Wildman–Crippen MR) is 78.1 cm³/mol. The molecule has 1 unspecified atom stereocenters. The van der Waals surface area contributed by atoms with Crippen molar-refractivity contribution >= 4 is 5.97 Å². The van der Waals surface area contributed by atoms with Gasteiger partial charge in [-0.05, 0) is 52.6 Å². The summed E-state index contributed by atoms with van der Waals surface area (Å²) in [6, 6.07) is 0.667. The van der Waals surface area contributed by atoms with E-state index in [0.717, 1.165) is 13.1 Å². The molecule has 0 radical (unpaired) electrons. The van der Waals surface area contributed by atoms with Gasteiger partial charge in [-0.15, -0.1) is 0 Å².